The van der Waals surface area contributed by atoms with Crippen molar-refractivity contribution in [1.82, 2.24) is 20.2 Å². The summed E-state index contributed by atoms with van der Waals surface area (Å²) in [4.78, 5) is 34.9. The highest BCUT2D eigenvalue weighted by molar-refractivity contribution is 5.84. The summed E-state index contributed by atoms with van der Waals surface area (Å²) in [6.45, 7) is 1.74. The number of unbranched alkanes of at least 4 members (excludes halogenated alkanes) is 1. The summed E-state index contributed by atoms with van der Waals surface area (Å²) < 4.78 is 18.6. The average molecular weight is 516 g/mol. The first-order valence-corrected chi connectivity index (χ1v) is 12.9. The van der Waals surface area contributed by atoms with Gasteiger partial charge in [0.2, 0.25) is 5.91 Å². The van der Waals surface area contributed by atoms with Crippen LogP contribution in [0.5, 0.6) is 0 Å². The summed E-state index contributed by atoms with van der Waals surface area (Å²) in [6.07, 6.45) is 7.63. The Hall–Kier alpha value is -3.11. The second kappa shape index (κ2) is 15.2. The van der Waals surface area contributed by atoms with E-state index in [4.69, 9.17) is 9.72 Å². The number of nitrogens with one attached hydrogen (secondary N) is 2. The second-order valence-corrected chi connectivity index (χ2v) is 9.40. The number of carboxylic acid groups (broad SMARTS) is 1. The van der Waals surface area contributed by atoms with E-state index in [-0.39, 0.29) is 18.7 Å². The number of alkyl halides is 1. The Morgan fingerprint density at radius 3 is 2.86 bits per heavy atom. The molecule has 0 radical (unpaired) electrons. The monoisotopic (exact) mass is 515 g/mol. The minimum atomic E-state index is -1.10. The fourth-order valence-corrected chi connectivity index (χ4v) is 4.42. The van der Waals surface area contributed by atoms with E-state index in [1.165, 1.54) is 12.7 Å². The van der Waals surface area contributed by atoms with Crippen molar-refractivity contribution in [3.63, 3.8) is 0 Å². The molecule has 1 aliphatic rings. The molecular weight excluding hydrogens is 477 g/mol. The van der Waals surface area contributed by atoms with E-state index in [2.05, 4.69) is 27.8 Å². The highest BCUT2D eigenvalue weighted by Crippen LogP contribution is 2.20. The van der Waals surface area contributed by atoms with Gasteiger partial charge in [0, 0.05) is 44.8 Å². The van der Waals surface area contributed by atoms with Crippen LogP contribution in [0.3, 0.4) is 0 Å². The van der Waals surface area contributed by atoms with Gasteiger partial charge >= 0.3 is 5.97 Å². The number of carboxylic acids is 1. The highest BCUT2D eigenvalue weighted by atomic mass is 19.1. The van der Waals surface area contributed by atoms with Crippen LogP contribution in [0.15, 0.2) is 36.7 Å². The Morgan fingerprint density at radius 2 is 2.14 bits per heavy atom. The third kappa shape index (κ3) is 9.70. The first-order valence-electron chi connectivity index (χ1n) is 12.9. The molecule has 37 heavy (non-hydrogen) atoms. The molecule has 2 aromatic rings. The number of nitrogens with zero attached hydrogens (tertiary/aromatic N) is 3. The number of hydrogen-bond acceptors (Lipinski definition) is 7. The molecule has 2 unspecified atom stereocenters. The predicted molar refractivity (Wildman–Crippen MR) is 139 cm³/mol. The van der Waals surface area contributed by atoms with Crippen molar-refractivity contribution in [2.24, 2.45) is 0 Å². The minimum Gasteiger partial charge on any atom is -0.480 e. The van der Waals surface area contributed by atoms with Gasteiger partial charge in [-0.1, -0.05) is 12.1 Å². The first-order chi connectivity index (χ1) is 18.0. The van der Waals surface area contributed by atoms with Crippen molar-refractivity contribution < 1.29 is 23.8 Å². The van der Waals surface area contributed by atoms with E-state index in [0.717, 1.165) is 50.2 Å². The maximum atomic E-state index is 13.3. The molecule has 0 spiro atoms. The van der Waals surface area contributed by atoms with Crippen molar-refractivity contribution in [2.75, 3.05) is 45.3 Å². The number of anilines is 1. The number of halogens is 1. The summed E-state index contributed by atoms with van der Waals surface area (Å²) in [6, 6.07) is 6.69. The normalized spacial score (nSPS) is 14.5. The van der Waals surface area contributed by atoms with Gasteiger partial charge < -0.3 is 25.4 Å². The molecule has 1 aliphatic heterocycles. The molecule has 2 atom stereocenters. The molecule has 1 amide bonds. The van der Waals surface area contributed by atoms with E-state index in [1.807, 2.05) is 4.90 Å². The number of methoxy groups -OCH3 is 1. The number of carbonyl (C=O) groups excluding carboxylic acids is 1. The number of aliphatic carboxylic acids is 1. The number of carbonyl (C=O) groups is 2. The summed E-state index contributed by atoms with van der Waals surface area (Å²) in [5.74, 6) is -0.487. The molecule has 0 aromatic carbocycles. The van der Waals surface area contributed by atoms with Gasteiger partial charge in [0.05, 0.1) is 12.5 Å². The zero-order valence-electron chi connectivity index (χ0n) is 21.5. The van der Waals surface area contributed by atoms with E-state index >= 15 is 0 Å². The van der Waals surface area contributed by atoms with Crippen LogP contribution in [-0.4, -0.2) is 84.0 Å². The van der Waals surface area contributed by atoms with Crippen LogP contribution in [0.1, 0.15) is 42.5 Å². The van der Waals surface area contributed by atoms with Crippen molar-refractivity contribution in [3.8, 4) is 0 Å². The number of aryl methyl sites for hydroxylation is 2. The number of hydrogen-bond donors (Lipinski definition) is 3. The van der Waals surface area contributed by atoms with Crippen LogP contribution in [0, 0.1) is 0 Å². The average Bonchev–Trinajstić information content (AvgIpc) is 2.91. The van der Waals surface area contributed by atoms with Crippen LogP contribution in [-0.2, 0) is 33.6 Å². The van der Waals surface area contributed by atoms with Crippen LogP contribution in [0.25, 0.3) is 0 Å². The highest BCUT2D eigenvalue weighted by Gasteiger charge is 2.22. The molecule has 3 heterocycles. The fraction of sp³-hybridized carbons (Fsp3) is 0.556. The van der Waals surface area contributed by atoms with Gasteiger partial charge in [0.1, 0.15) is 18.5 Å². The number of amides is 1. The number of aromatic nitrogens is 2. The Bertz CT molecular complexity index is 990. The quantitative estimate of drug-likeness (QED) is 0.292. The number of pyridine rings is 2. The number of ether oxygens (including phenoxy) is 1. The van der Waals surface area contributed by atoms with E-state index in [0.29, 0.717) is 25.2 Å². The van der Waals surface area contributed by atoms with Crippen LogP contribution in [0.4, 0.5) is 10.2 Å². The van der Waals surface area contributed by atoms with Gasteiger partial charge in [0.25, 0.3) is 0 Å². The Balaban J connectivity index is 1.50. The number of rotatable bonds is 16. The van der Waals surface area contributed by atoms with Crippen LogP contribution >= 0.6 is 0 Å². The zero-order chi connectivity index (χ0) is 26.5. The smallest absolute Gasteiger partial charge is 0.326 e. The molecule has 2 aromatic heterocycles. The van der Waals surface area contributed by atoms with Crippen molar-refractivity contribution in [3.05, 3.63) is 53.5 Å². The largest absolute Gasteiger partial charge is 0.480 e. The predicted octanol–water partition coefficient (Wildman–Crippen LogP) is 2.65. The van der Waals surface area contributed by atoms with Gasteiger partial charge in [-0.2, -0.15) is 0 Å². The topological polar surface area (TPSA) is 117 Å². The van der Waals surface area contributed by atoms with Gasteiger partial charge in [0.15, 0.2) is 0 Å². The van der Waals surface area contributed by atoms with Crippen LogP contribution in [0.2, 0.25) is 0 Å². The van der Waals surface area contributed by atoms with Crippen molar-refractivity contribution >= 4 is 17.7 Å². The molecule has 0 saturated carbocycles. The molecule has 0 saturated heterocycles. The fourth-order valence-electron chi connectivity index (χ4n) is 4.42. The standard InChI is InChI=1S/C27H38FN5O4/c1-37-23(17-28)19-33(14-3-2-8-22-10-9-21-7-5-13-30-26(21)31-22)15-11-24(27(35)36)32-25(34)16-20-6-4-12-29-18-20/h4,6,9-10,12,18,23-24H,2-3,5,7-8,11,13-17,19H2,1H3,(H,30,31)(H,32,34)(H,35,36). The molecule has 10 heteroatoms. The number of fused-ring (bicyclic) bond motifs is 1. The lowest BCUT2D eigenvalue weighted by atomic mass is 10.1. The Labute approximate surface area is 217 Å². The van der Waals surface area contributed by atoms with Crippen molar-refractivity contribution in [2.45, 2.75) is 57.1 Å². The van der Waals surface area contributed by atoms with E-state index < -0.39 is 24.8 Å². The van der Waals surface area contributed by atoms with Gasteiger partial charge in [-0.25, -0.2) is 14.2 Å². The molecule has 0 aliphatic carbocycles. The lowest BCUT2D eigenvalue weighted by molar-refractivity contribution is -0.142. The molecule has 9 nitrogen and oxygen atoms in total. The van der Waals surface area contributed by atoms with Gasteiger partial charge in [-0.05, 0) is 68.3 Å². The maximum Gasteiger partial charge on any atom is 0.326 e. The Kier molecular flexibility index (Phi) is 11.7. The minimum absolute atomic E-state index is 0.0567. The van der Waals surface area contributed by atoms with Gasteiger partial charge in [-0.15, -0.1) is 0 Å². The first kappa shape index (κ1) is 28.5. The van der Waals surface area contributed by atoms with E-state index in [9.17, 15) is 19.1 Å². The zero-order valence-corrected chi connectivity index (χ0v) is 21.5. The van der Waals surface area contributed by atoms with Gasteiger partial charge in [-0.3, -0.25) is 9.78 Å². The molecule has 202 valence electrons. The SMILES string of the molecule is COC(CF)CN(CCCCc1ccc2c(n1)NCCC2)CCC(NC(=O)Cc1cccnc1)C(=O)O. The van der Waals surface area contributed by atoms with Crippen LogP contribution < -0.4 is 10.6 Å². The van der Waals surface area contributed by atoms with Crippen molar-refractivity contribution in [1.29, 1.82) is 0 Å². The lowest BCUT2D eigenvalue weighted by Crippen LogP contribution is -2.45. The third-order valence-electron chi connectivity index (χ3n) is 6.53. The maximum absolute atomic E-state index is 13.3. The summed E-state index contributed by atoms with van der Waals surface area (Å²) in [7, 11) is 1.47. The second-order valence-electron chi connectivity index (χ2n) is 9.40. The Morgan fingerprint density at radius 1 is 1.27 bits per heavy atom. The molecule has 3 rings (SSSR count). The molecular formula is C27H38FN5O4. The lowest BCUT2D eigenvalue weighted by Gasteiger charge is -2.27. The molecule has 3 N–H and O–H groups in total. The molecule has 0 fully saturated rings. The summed E-state index contributed by atoms with van der Waals surface area (Å²) in [5.41, 5.74) is 3.01. The summed E-state index contributed by atoms with van der Waals surface area (Å²) >= 11 is 0. The van der Waals surface area contributed by atoms with E-state index in [1.54, 1.807) is 24.5 Å². The summed E-state index contributed by atoms with van der Waals surface area (Å²) in [5, 5.41) is 15.6. The third-order valence-corrected chi connectivity index (χ3v) is 6.53. The molecule has 0 bridgehead atoms.